The molecule has 0 aliphatic carbocycles. The fraction of sp³-hybridized carbons (Fsp3) is 0.321. The summed E-state index contributed by atoms with van der Waals surface area (Å²) in [6, 6.07) is 11.3. The Kier molecular flexibility index (Phi) is 9.41. The number of nitrogens with zero attached hydrogens (tertiary/aromatic N) is 4. The van der Waals surface area contributed by atoms with Gasteiger partial charge in [-0.2, -0.15) is 26.3 Å². The molecular weight excluding hydrogens is 552 g/mol. The second kappa shape index (κ2) is 12.8. The van der Waals surface area contributed by atoms with Gasteiger partial charge in [0.2, 0.25) is 0 Å². The largest absolute Gasteiger partial charge is 0.418 e. The molecule has 7 nitrogen and oxygen atoms in total. The van der Waals surface area contributed by atoms with Crippen LogP contribution in [-0.4, -0.2) is 60.4 Å². The molecular formula is C28H27F6N5O2. The topological polar surface area (TPSA) is 72.4 Å². The third kappa shape index (κ3) is 7.69. The fourth-order valence-electron chi connectivity index (χ4n) is 4.15. The van der Waals surface area contributed by atoms with Crippen molar-refractivity contribution in [1.29, 1.82) is 0 Å². The number of pyridine rings is 3. The number of hydrogen-bond donors (Lipinski definition) is 1. The van der Waals surface area contributed by atoms with Crippen LogP contribution in [0.5, 0.6) is 0 Å². The fourth-order valence-corrected chi connectivity index (χ4v) is 4.15. The second-order valence-corrected chi connectivity index (χ2v) is 9.09. The van der Waals surface area contributed by atoms with E-state index in [9.17, 15) is 26.3 Å². The van der Waals surface area contributed by atoms with E-state index in [0.717, 1.165) is 18.2 Å². The summed E-state index contributed by atoms with van der Waals surface area (Å²) in [6.45, 7) is 2.31. The second-order valence-electron chi connectivity index (χ2n) is 9.09. The van der Waals surface area contributed by atoms with Gasteiger partial charge < -0.3 is 14.8 Å². The van der Waals surface area contributed by atoms with Crippen LogP contribution in [0, 0.1) is 0 Å². The molecule has 0 aliphatic rings. The molecule has 1 N–H and O–H groups in total. The number of ether oxygens (including phenoxy) is 2. The SMILES string of the molecule is COCCN(CCOC)Cc1cc(Nc2ccc(C(F)(F)F)cc2)c2ccc(-c3ncccc3C(F)(F)F)nc2n1. The van der Waals surface area contributed by atoms with Gasteiger partial charge in [0.1, 0.15) is 5.69 Å². The molecule has 0 aliphatic heterocycles. The lowest BCUT2D eigenvalue weighted by Gasteiger charge is -2.22. The number of anilines is 2. The summed E-state index contributed by atoms with van der Waals surface area (Å²) in [5, 5.41) is 3.57. The summed E-state index contributed by atoms with van der Waals surface area (Å²) in [5.74, 6) is 0. The van der Waals surface area contributed by atoms with E-state index in [-0.39, 0.29) is 17.0 Å². The molecule has 3 heterocycles. The Morgan fingerprint density at radius 3 is 2.12 bits per heavy atom. The zero-order chi connectivity index (χ0) is 29.6. The number of methoxy groups -OCH3 is 2. The van der Waals surface area contributed by atoms with E-state index in [1.165, 1.54) is 30.5 Å². The zero-order valence-electron chi connectivity index (χ0n) is 22.2. The highest BCUT2D eigenvalue weighted by molar-refractivity contribution is 5.92. The number of nitrogens with one attached hydrogen (secondary N) is 1. The van der Waals surface area contributed by atoms with E-state index >= 15 is 0 Å². The molecule has 0 unspecified atom stereocenters. The van der Waals surface area contributed by atoms with Gasteiger partial charge >= 0.3 is 12.4 Å². The van der Waals surface area contributed by atoms with Crippen LogP contribution in [0.25, 0.3) is 22.4 Å². The normalized spacial score (nSPS) is 12.3. The van der Waals surface area contributed by atoms with Gasteiger partial charge in [0, 0.05) is 51.1 Å². The molecule has 0 saturated heterocycles. The first-order chi connectivity index (χ1) is 19.5. The summed E-state index contributed by atoms with van der Waals surface area (Å²) in [6.07, 6.45) is -7.88. The van der Waals surface area contributed by atoms with Crippen LogP contribution < -0.4 is 5.32 Å². The third-order valence-corrected chi connectivity index (χ3v) is 6.18. The number of rotatable bonds is 11. The van der Waals surface area contributed by atoms with Crippen molar-refractivity contribution in [1.82, 2.24) is 19.9 Å². The van der Waals surface area contributed by atoms with Crippen LogP contribution in [0.15, 0.2) is 60.8 Å². The molecule has 0 saturated carbocycles. The van der Waals surface area contributed by atoms with Gasteiger partial charge in [-0.25, -0.2) is 9.97 Å². The Morgan fingerprint density at radius 1 is 0.829 bits per heavy atom. The maximum Gasteiger partial charge on any atom is 0.418 e. The highest BCUT2D eigenvalue weighted by atomic mass is 19.4. The lowest BCUT2D eigenvalue weighted by Crippen LogP contribution is -2.30. The molecule has 4 aromatic rings. The highest BCUT2D eigenvalue weighted by Gasteiger charge is 2.35. The molecule has 1 aromatic carbocycles. The summed E-state index contributed by atoms with van der Waals surface area (Å²) >= 11 is 0. The van der Waals surface area contributed by atoms with E-state index in [2.05, 4.69) is 20.3 Å². The Labute approximate surface area is 232 Å². The summed E-state index contributed by atoms with van der Waals surface area (Å²) in [4.78, 5) is 15.0. The molecule has 3 aromatic heterocycles. The minimum Gasteiger partial charge on any atom is -0.383 e. The first kappa shape index (κ1) is 30.2. The maximum absolute atomic E-state index is 13.7. The van der Waals surface area contributed by atoms with Crippen LogP contribution in [0.4, 0.5) is 37.7 Å². The quantitative estimate of drug-likeness (QED) is 0.202. The van der Waals surface area contributed by atoms with Gasteiger partial charge in [-0.3, -0.25) is 9.88 Å². The van der Waals surface area contributed by atoms with E-state index in [1.54, 1.807) is 26.4 Å². The third-order valence-electron chi connectivity index (χ3n) is 6.18. The van der Waals surface area contributed by atoms with Crippen molar-refractivity contribution >= 4 is 22.4 Å². The molecule has 13 heteroatoms. The van der Waals surface area contributed by atoms with Crippen molar-refractivity contribution in [2.75, 3.05) is 45.8 Å². The Morgan fingerprint density at radius 2 is 1.51 bits per heavy atom. The maximum atomic E-state index is 13.7. The molecule has 0 fully saturated rings. The van der Waals surface area contributed by atoms with Crippen LogP contribution in [0.3, 0.4) is 0 Å². The standard InChI is InChI=1S/C28H27F6N5O2/c1-40-14-12-39(13-15-41-2)17-20-16-24(36-19-7-5-18(6-8-19)27(29,30)31)21-9-10-23(38-26(21)37-20)25-22(28(32,33)34)4-3-11-35-25/h3-11,16H,12-15,17H2,1-2H3,(H,36,37,38). The van der Waals surface area contributed by atoms with Gasteiger partial charge in [0.25, 0.3) is 0 Å². The number of hydrogen-bond acceptors (Lipinski definition) is 7. The predicted octanol–water partition coefficient (Wildman–Crippen LogP) is 6.57. The van der Waals surface area contributed by atoms with E-state index in [1.807, 2.05) is 4.90 Å². The van der Waals surface area contributed by atoms with E-state index < -0.39 is 23.5 Å². The molecule has 41 heavy (non-hydrogen) atoms. The minimum atomic E-state index is -4.64. The van der Waals surface area contributed by atoms with Crippen molar-refractivity contribution in [3.05, 3.63) is 77.6 Å². The van der Waals surface area contributed by atoms with Crippen LogP contribution in [0.1, 0.15) is 16.8 Å². The van der Waals surface area contributed by atoms with E-state index in [4.69, 9.17) is 9.47 Å². The molecule has 218 valence electrons. The summed E-state index contributed by atoms with van der Waals surface area (Å²) in [5.41, 5.74) is -0.569. The average molecular weight is 580 g/mol. The Hall–Kier alpha value is -3.81. The summed E-state index contributed by atoms with van der Waals surface area (Å²) in [7, 11) is 3.15. The van der Waals surface area contributed by atoms with Gasteiger partial charge in [-0.15, -0.1) is 0 Å². The smallest absolute Gasteiger partial charge is 0.383 e. The van der Waals surface area contributed by atoms with Crippen molar-refractivity contribution in [2.45, 2.75) is 18.9 Å². The van der Waals surface area contributed by atoms with Crippen molar-refractivity contribution < 1.29 is 35.8 Å². The molecule has 0 spiro atoms. The predicted molar refractivity (Wildman–Crippen MR) is 142 cm³/mol. The first-order valence-corrected chi connectivity index (χ1v) is 12.5. The van der Waals surface area contributed by atoms with Gasteiger partial charge in [-0.1, -0.05) is 0 Å². The zero-order valence-corrected chi connectivity index (χ0v) is 22.2. The van der Waals surface area contributed by atoms with Gasteiger partial charge in [0.05, 0.1) is 41.4 Å². The van der Waals surface area contributed by atoms with Crippen molar-refractivity contribution in [2.24, 2.45) is 0 Å². The number of aromatic nitrogens is 3. The molecule has 4 rings (SSSR count). The molecule has 0 amide bonds. The average Bonchev–Trinajstić information content (AvgIpc) is 2.93. The Balaban J connectivity index is 1.79. The first-order valence-electron chi connectivity index (χ1n) is 12.5. The number of fused-ring (bicyclic) bond motifs is 1. The van der Waals surface area contributed by atoms with Gasteiger partial charge in [-0.05, 0) is 54.6 Å². The van der Waals surface area contributed by atoms with E-state index in [0.29, 0.717) is 55.3 Å². The van der Waals surface area contributed by atoms with Crippen molar-refractivity contribution in [3.63, 3.8) is 0 Å². The highest BCUT2D eigenvalue weighted by Crippen LogP contribution is 2.36. The lowest BCUT2D eigenvalue weighted by atomic mass is 10.1. The Bertz CT molecular complexity index is 1450. The number of alkyl halides is 6. The lowest BCUT2D eigenvalue weighted by molar-refractivity contribution is -0.138. The summed E-state index contributed by atoms with van der Waals surface area (Å²) < 4.78 is 90.6. The molecule has 0 radical (unpaired) electrons. The van der Waals surface area contributed by atoms with Gasteiger partial charge in [0.15, 0.2) is 5.65 Å². The monoisotopic (exact) mass is 579 g/mol. The number of halogens is 6. The number of benzene rings is 1. The molecule has 0 bridgehead atoms. The molecule has 0 atom stereocenters. The van der Waals surface area contributed by atoms with Crippen LogP contribution in [-0.2, 0) is 28.4 Å². The van der Waals surface area contributed by atoms with Crippen LogP contribution >= 0.6 is 0 Å². The van der Waals surface area contributed by atoms with Crippen molar-refractivity contribution in [3.8, 4) is 11.4 Å². The minimum absolute atomic E-state index is 0.0221. The van der Waals surface area contributed by atoms with Crippen LogP contribution in [0.2, 0.25) is 0 Å².